The lowest BCUT2D eigenvalue weighted by molar-refractivity contribution is 1.05. The highest BCUT2D eigenvalue weighted by Crippen LogP contribution is 2.24. The fraction of sp³-hybridized carbons (Fsp3) is 0.167. The van der Waals surface area contributed by atoms with Crippen LogP contribution in [0.3, 0.4) is 0 Å². The maximum absolute atomic E-state index is 5.58. The summed E-state index contributed by atoms with van der Waals surface area (Å²) in [5.74, 6) is 0. The third-order valence-corrected chi connectivity index (χ3v) is 4.09. The highest BCUT2D eigenvalue weighted by molar-refractivity contribution is 9.10. The summed E-state index contributed by atoms with van der Waals surface area (Å²) in [6.45, 7) is 2.70. The van der Waals surface area contributed by atoms with Gasteiger partial charge in [0.15, 0.2) is 0 Å². The second kappa shape index (κ2) is 5.77. The van der Waals surface area contributed by atoms with Gasteiger partial charge in [0.05, 0.1) is 17.2 Å². The van der Waals surface area contributed by atoms with Crippen molar-refractivity contribution >= 4 is 50.2 Å². The molecule has 0 aliphatic rings. The van der Waals surface area contributed by atoms with Crippen LogP contribution in [0.1, 0.15) is 16.3 Å². The Kier molecular flexibility index (Phi) is 4.31. The lowest BCUT2D eigenvalue weighted by Gasteiger charge is -2.08. The molecule has 1 aromatic heterocycles. The molecule has 6 heteroatoms. The molecule has 0 radical (unpaired) electrons. The molecule has 1 heterocycles. The summed E-state index contributed by atoms with van der Waals surface area (Å²) in [7, 11) is 0. The van der Waals surface area contributed by atoms with Gasteiger partial charge in [-0.2, -0.15) is 0 Å². The third kappa shape index (κ3) is 3.28. The summed E-state index contributed by atoms with van der Waals surface area (Å²) in [6.07, 6.45) is 0. The molecule has 0 aliphatic carbocycles. The van der Waals surface area contributed by atoms with Gasteiger partial charge in [-0.15, -0.1) is 11.3 Å². The van der Waals surface area contributed by atoms with Gasteiger partial charge in [0, 0.05) is 21.1 Å². The van der Waals surface area contributed by atoms with Crippen LogP contribution >= 0.6 is 39.5 Å². The molecule has 94 valence electrons. The van der Waals surface area contributed by atoms with E-state index in [1.807, 2.05) is 25.1 Å². The van der Waals surface area contributed by atoms with Crippen molar-refractivity contribution in [3.63, 3.8) is 0 Å². The number of nitrogens with zero attached hydrogens (tertiary/aromatic N) is 1. The van der Waals surface area contributed by atoms with Gasteiger partial charge in [0.2, 0.25) is 0 Å². The summed E-state index contributed by atoms with van der Waals surface area (Å²) in [5, 5.41) is 6.46. The number of thiocarbonyl (C=S) groups is 1. The zero-order valence-electron chi connectivity index (χ0n) is 9.74. The van der Waals surface area contributed by atoms with E-state index in [2.05, 4.69) is 31.6 Å². The monoisotopic (exact) mass is 341 g/mol. The number of hydrogen-bond donors (Lipinski definition) is 2. The maximum atomic E-state index is 5.58. The first kappa shape index (κ1) is 13.5. The standard InChI is InChI=1S/C12H12BrN3S2/c1-7-16-9(6-18-7)5-15-11-3-2-8(12(14)17)4-10(11)13/h2-4,6,15H,5H2,1H3,(H2,14,17). The molecular formula is C12H12BrN3S2. The zero-order chi connectivity index (χ0) is 13.1. The van der Waals surface area contributed by atoms with Gasteiger partial charge in [-0.05, 0) is 41.1 Å². The molecule has 3 N–H and O–H groups in total. The van der Waals surface area contributed by atoms with Crippen LogP contribution in [0.25, 0.3) is 0 Å². The summed E-state index contributed by atoms with van der Waals surface area (Å²) >= 11 is 10.1. The summed E-state index contributed by atoms with van der Waals surface area (Å²) in [6, 6.07) is 5.77. The Balaban J connectivity index is 2.08. The number of rotatable bonds is 4. The molecule has 2 aromatic rings. The lowest BCUT2D eigenvalue weighted by Crippen LogP contribution is -2.09. The van der Waals surface area contributed by atoms with E-state index in [0.717, 1.165) is 26.4 Å². The first-order valence-electron chi connectivity index (χ1n) is 5.30. The highest BCUT2D eigenvalue weighted by atomic mass is 79.9. The molecule has 0 amide bonds. The van der Waals surface area contributed by atoms with Crippen molar-refractivity contribution in [2.75, 3.05) is 5.32 Å². The Morgan fingerprint density at radius 1 is 1.56 bits per heavy atom. The molecule has 0 aliphatic heterocycles. The predicted molar refractivity (Wildman–Crippen MR) is 84.2 cm³/mol. The van der Waals surface area contributed by atoms with Crippen molar-refractivity contribution in [3.8, 4) is 0 Å². The number of anilines is 1. The van der Waals surface area contributed by atoms with Gasteiger partial charge in [0.1, 0.15) is 4.99 Å². The minimum atomic E-state index is 0.400. The van der Waals surface area contributed by atoms with Gasteiger partial charge in [-0.1, -0.05) is 12.2 Å². The molecule has 18 heavy (non-hydrogen) atoms. The van der Waals surface area contributed by atoms with Gasteiger partial charge >= 0.3 is 0 Å². The average molecular weight is 342 g/mol. The largest absolute Gasteiger partial charge is 0.389 e. The number of halogens is 1. The molecule has 0 atom stereocenters. The number of benzene rings is 1. The molecule has 3 nitrogen and oxygen atoms in total. The summed E-state index contributed by atoms with van der Waals surface area (Å²) in [5.41, 5.74) is 8.48. The lowest BCUT2D eigenvalue weighted by atomic mass is 10.2. The minimum Gasteiger partial charge on any atom is -0.389 e. The van der Waals surface area contributed by atoms with Crippen molar-refractivity contribution < 1.29 is 0 Å². The van der Waals surface area contributed by atoms with Crippen molar-refractivity contribution in [1.29, 1.82) is 0 Å². The van der Waals surface area contributed by atoms with E-state index in [4.69, 9.17) is 18.0 Å². The number of thiazole rings is 1. The van der Waals surface area contributed by atoms with Crippen LogP contribution in [0, 0.1) is 6.92 Å². The molecule has 0 fully saturated rings. The Hall–Kier alpha value is -0.980. The molecule has 0 bridgehead atoms. The Morgan fingerprint density at radius 2 is 2.33 bits per heavy atom. The normalized spacial score (nSPS) is 10.3. The molecule has 0 unspecified atom stereocenters. The van der Waals surface area contributed by atoms with Crippen molar-refractivity contribution in [1.82, 2.24) is 4.98 Å². The topological polar surface area (TPSA) is 50.9 Å². The van der Waals surface area contributed by atoms with Crippen molar-refractivity contribution in [2.45, 2.75) is 13.5 Å². The van der Waals surface area contributed by atoms with Crippen LogP contribution in [0.4, 0.5) is 5.69 Å². The fourth-order valence-electron chi connectivity index (χ4n) is 1.49. The molecule has 0 spiro atoms. The number of aryl methyl sites for hydroxylation is 1. The molecular weight excluding hydrogens is 330 g/mol. The molecule has 2 rings (SSSR count). The summed E-state index contributed by atoms with van der Waals surface area (Å²) in [4.78, 5) is 4.80. The number of nitrogens with two attached hydrogens (primary N) is 1. The maximum Gasteiger partial charge on any atom is 0.104 e. The molecule has 0 saturated heterocycles. The van der Waals surface area contributed by atoms with E-state index >= 15 is 0 Å². The predicted octanol–water partition coefficient (Wildman–Crippen LogP) is 3.46. The highest BCUT2D eigenvalue weighted by Gasteiger charge is 2.04. The van der Waals surface area contributed by atoms with Crippen molar-refractivity contribution in [3.05, 3.63) is 44.3 Å². The average Bonchev–Trinajstić information content (AvgIpc) is 2.73. The first-order valence-corrected chi connectivity index (χ1v) is 7.38. The van der Waals surface area contributed by atoms with Gasteiger partial charge in [-0.3, -0.25) is 0 Å². The molecule has 1 aromatic carbocycles. The second-order valence-corrected chi connectivity index (χ2v) is 6.13. The zero-order valence-corrected chi connectivity index (χ0v) is 13.0. The number of aromatic nitrogens is 1. The SMILES string of the molecule is Cc1nc(CNc2ccc(C(N)=S)cc2Br)cs1. The van der Waals surface area contributed by atoms with Crippen LogP contribution < -0.4 is 11.1 Å². The van der Waals surface area contributed by atoms with Crippen LogP contribution in [-0.4, -0.2) is 9.97 Å². The van der Waals surface area contributed by atoms with E-state index in [1.165, 1.54) is 0 Å². The van der Waals surface area contributed by atoms with Gasteiger partial charge in [0.25, 0.3) is 0 Å². The molecule has 0 saturated carbocycles. The Bertz CT molecular complexity index is 580. The van der Waals surface area contributed by atoms with Gasteiger partial charge < -0.3 is 11.1 Å². The third-order valence-electron chi connectivity index (χ3n) is 2.38. The van der Waals surface area contributed by atoms with Gasteiger partial charge in [-0.25, -0.2) is 4.98 Å². The van der Waals surface area contributed by atoms with Crippen LogP contribution in [0.5, 0.6) is 0 Å². The van der Waals surface area contributed by atoms with Crippen LogP contribution in [0.15, 0.2) is 28.1 Å². The van der Waals surface area contributed by atoms with E-state index in [-0.39, 0.29) is 0 Å². The van der Waals surface area contributed by atoms with E-state index in [0.29, 0.717) is 11.5 Å². The first-order chi connectivity index (χ1) is 8.56. The second-order valence-electron chi connectivity index (χ2n) is 3.77. The van der Waals surface area contributed by atoms with Crippen LogP contribution in [-0.2, 0) is 6.54 Å². The van der Waals surface area contributed by atoms with E-state index < -0.39 is 0 Å². The quantitative estimate of drug-likeness (QED) is 0.836. The number of nitrogens with one attached hydrogen (secondary N) is 1. The van der Waals surface area contributed by atoms with Crippen molar-refractivity contribution in [2.24, 2.45) is 5.73 Å². The smallest absolute Gasteiger partial charge is 0.104 e. The number of hydrogen-bond acceptors (Lipinski definition) is 4. The minimum absolute atomic E-state index is 0.400. The van der Waals surface area contributed by atoms with E-state index in [1.54, 1.807) is 11.3 Å². The summed E-state index contributed by atoms with van der Waals surface area (Å²) < 4.78 is 0.944. The Labute approximate surface area is 124 Å². The van der Waals surface area contributed by atoms with E-state index in [9.17, 15) is 0 Å². The van der Waals surface area contributed by atoms with Crippen LogP contribution in [0.2, 0.25) is 0 Å². The Morgan fingerprint density at radius 3 is 2.89 bits per heavy atom. The fourth-order valence-corrected chi connectivity index (χ4v) is 2.75.